The molecule has 0 spiro atoms. The number of para-hydroxylation sites is 1. The molecule has 1 N–H and O–H groups in total. The third kappa shape index (κ3) is 2.84. The van der Waals surface area contributed by atoms with Crippen molar-refractivity contribution in [1.82, 2.24) is 14.5 Å². The first-order valence-corrected chi connectivity index (χ1v) is 8.03. The fourth-order valence-corrected chi connectivity index (χ4v) is 2.92. The third-order valence-corrected chi connectivity index (χ3v) is 4.11. The second-order valence-corrected chi connectivity index (χ2v) is 5.86. The van der Waals surface area contributed by atoms with Crippen molar-refractivity contribution in [2.75, 3.05) is 5.32 Å². The van der Waals surface area contributed by atoms with Crippen LogP contribution >= 0.6 is 11.6 Å². The summed E-state index contributed by atoms with van der Waals surface area (Å²) >= 11 is 6.09. The Kier molecular flexibility index (Phi) is 3.89. The minimum absolute atomic E-state index is 0.0833. The summed E-state index contributed by atoms with van der Waals surface area (Å²) in [5.41, 5.74) is 2.84. The molecule has 5 heteroatoms. The number of fused-ring (bicyclic) bond motifs is 1. The average Bonchev–Trinajstić information content (AvgIpc) is 3.15. The molecular weight excluding hydrogens is 320 g/mol. The van der Waals surface area contributed by atoms with Gasteiger partial charge in [-0.25, -0.2) is 4.98 Å². The van der Waals surface area contributed by atoms with Crippen LogP contribution in [0.25, 0.3) is 10.9 Å². The van der Waals surface area contributed by atoms with Crippen molar-refractivity contribution in [2.45, 2.75) is 6.17 Å². The molecule has 1 atom stereocenters. The summed E-state index contributed by atoms with van der Waals surface area (Å²) in [5, 5.41) is 5.10. The number of nitrogens with zero attached hydrogens (tertiary/aromatic N) is 3. The number of halogens is 1. The molecule has 0 amide bonds. The summed E-state index contributed by atoms with van der Waals surface area (Å²) < 4.78 is 2.10. The maximum atomic E-state index is 6.09. The van der Waals surface area contributed by atoms with Gasteiger partial charge in [-0.3, -0.25) is 4.98 Å². The first-order valence-electron chi connectivity index (χ1n) is 7.65. The van der Waals surface area contributed by atoms with Crippen molar-refractivity contribution in [1.29, 1.82) is 0 Å². The van der Waals surface area contributed by atoms with Crippen molar-refractivity contribution in [2.24, 2.45) is 0 Å². The molecule has 1 unspecified atom stereocenters. The van der Waals surface area contributed by atoms with E-state index < -0.39 is 0 Å². The Balaban J connectivity index is 1.80. The van der Waals surface area contributed by atoms with Crippen LogP contribution in [-0.4, -0.2) is 14.5 Å². The van der Waals surface area contributed by atoms with Crippen LogP contribution in [-0.2, 0) is 0 Å². The van der Waals surface area contributed by atoms with Crippen LogP contribution in [0.5, 0.6) is 0 Å². The molecule has 0 aliphatic rings. The maximum Gasteiger partial charge on any atom is 0.130 e. The van der Waals surface area contributed by atoms with Gasteiger partial charge in [-0.1, -0.05) is 29.8 Å². The number of benzene rings is 1. The summed E-state index contributed by atoms with van der Waals surface area (Å²) in [7, 11) is 0. The second-order valence-electron chi connectivity index (χ2n) is 5.47. The Morgan fingerprint density at radius 3 is 2.62 bits per heavy atom. The largest absolute Gasteiger partial charge is 0.359 e. The molecule has 4 nitrogen and oxygen atoms in total. The molecule has 24 heavy (non-hydrogen) atoms. The number of hydrogen-bond acceptors (Lipinski definition) is 3. The van der Waals surface area contributed by atoms with Gasteiger partial charge in [0.15, 0.2) is 0 Å². The highest BCUT2D eigenvalue weighted by molar-refractivity contribution is 6.29. The van der Waals surface area contributed by atoms with Crippen molar-refractivity contribution in [3.05, 3.63) is 90.1 Å². The lowest BCUT2D eigenvalue weighted by Crippen LogP contribution is -2.18. The van der Waals surface area contributed by atoms with Gasteiger partial charge in [0.2, 0.25) is 0 Å². The Labute approximate surface area is 144 Å². The van der Waals surface area contributed by atoms with Crippen LogP contribution < -0.4 is 5.32 Å². The molecule has 0 aliphatic carbocycles. The molecule has 118 valence electrons. The van der Waals surface area contributed by atoms with E-state index in [1.165, 1.54) is 0 Å². The second kappa shape index (κ2) is 6.34. The first-order chi connectivity index (χ1) is 11.8. The minimum atomic E-state index is -0.0833. The van der Waals surface area contributed by atoms with E-state index in [0.717, 1.165) is 22.2 Å². The zero-order valence-electron chi connectivity index (χ0n) is 12.8. The van der Waals surface area contributed by atoms with E-state index in [2.05, 4.69) is 25.9 Å². The highest BCUT2D eigenvalue weighted by atomic mass is 35.5. The summed E-state index contributed by atoms with van der Waals surface area (Å²) in [6, 6.07) is 17.8. The smallest absolute Gasteiger partial charge is 0.130 e. The number of nitrogens with one attached hydrogen (secondary N) is 1. The van der Waals surface area contributed by atoms with E-state index in [-0.39, 0.29) is 6.17 Å². The lowest BCUT2D eigenvalue weighted by molar-refractivity contribution is 0.656. The predicted molar refractivity (Wildman–Crippen MR) is 97.2 cm³/mol. The average molecular weight is 335 g/mol. The summed E-state index contributed by atoms with van der Waals surface area (Å²) in [4.78, 5) is 8.73. The van der Waals surface area contributed by atoms with Crippen LogP contribution in [0.1, 0.15) is 11.7 Å². The SMILES string of the molecule is Clc1ccc2cccc(NC(c3cccnc3)n3cccc3)c2n1. The van der Waals surface area contributed by atoms with E-state index in [9.17, 15) is 0 Å². The summed E-state index contributed by atoms with van der Waals surface area (Å²) in [6.45, 7) is 0. The highest BCUT2D eigenvalue weighted by Crippen LogP contribution is 2.27. The molecule has 4 rings (SSSR count). The minimum Gasteiger partial charge on any atom is -0.359 e. The molecule has 3 heterocycles. The molecular formula is C19H15ClN4. The van der Waals surface area contributed by atoms with Crippen LogP contribution in [0.15, 0.2) is 79.4 Å². The van der Waals surface area contributed by atoms with Crippen molar-refractivity contribution in [3.8, 4) is 0 Å². The van der Waals surface area contributed by atoms with Gasteiger partial charge in [0.1, 0.15) is 11.3 Å². The van der Waals surface area contributed by atoms with Crippen LogP contribution in [0.4, 0.5) is 5.69 Å². The fourth-order valence-electron chi connectivity index (χ4n) is 2.77. The van der Waals surface area contributed by atoms with Crippen LogP contribution in [0.2, 0.25) is 5.15 Å². The Morgan fingerprint density at radius 2 is 1.83 bits per heavy atom. The molecule has 1 aromatic carbocycles. The molecule has 0 fully saturated rings. The summed E-state index contributed by atoms with van der Waals surface area (Å²) in [5.74, 6) is 0. The molecule has 0 aliphatic heterocycles. The van der Waals surface area contributed by atoms with Crippen LogP contribution in [0.3, 0.4) is 0 Å². The molecule has 0 saturated heterocycles. The van der Waals surface area contributed by atoms with Gasteiger partial charge in [-0.05, 0) is 36.4 Å². The van der Waals surface area contributed by atoms with E-state index in [4.69, 9.17) is 11.6 Å². The van der Waals surface area contributed by atoms with Gasteiger partial charge >= 0.3 is 0 Å². The monoisotopic (exact) mass is 334 g/mol. The van der Waals surface area contributed by atoms with Gasteiger partial charge in [0.25, 0.3) is 0 Å². The zero-order chi connectivity index (χ0) is 16.4. The molecule has 4 aromatic rings. The first kappa shape index (κ1) is 14.7. The van der Waals surface area contributed by atoms with Gasteiger partial charge in [0, 0.05) is 35.7 Å². The Hall–Kier alpha value is -2.85. The van der Waals surface area contributed by atoms with Crippen molar-refractivity contribution < 1.29 is 0 Å². The zero-order valence-corrected chi connectivity index (χ0v) is 13.6. The Bertz CT molecular complexity index is 952. The van der Waals surface area contributed by atoms with Gasteiger partial charge in [0.05, 0.1) is 11.2 Å². The standard InChI is InChI=1S/C19H15ClN4/c20-17-9-8-14-5-3-7-16(18(14)23-17)22-19(24-11-1-2-12-24)15-6-4-10-21-13-15/h1-13,19,22H. The van der Waals surface area contributed by atoms with E-state index >= 15 is 0 Å². The highest BCUT2D eigenvalue weighted by Gasteiger charge is 2.14. The quantitative estimate of drug-likeness (QED) is 0.548. The Morgan fingerprint density at radius 1 is 0.958 bits per heavy atom. The van der Waals surface area contributed by atoms with Crippen LogP contribution in [0, 0.1) is 0 Å². The molecule has 0 radical (unpaired) electrons. The fraction of sp³-hybridized carbons (Fsp3) is 0.0526. The van der Waals surface area contributed by atoms with Gasteiger partial charge in [-0.15, -0.1) is 0 Å². The van der Waals surface area contributed by atoms with E-state index in [1.54, 1.807) is 12.3 Å². The number of aromatic nitrogens is 3. The maximum absolute atomic E-state index is 6.09. The van der Waals surface area contributed by atoms with E-state index in [1.807, 2.05) is 61.1 Å². The topological polar surface area (TPSA) is 42.7 Å². The van der Waals surface area contributed by atoms with Gasteiger partial charge in [-0.2, -0.15) is 0 Å². The van der Waals surface area contributed by atoms with Crippen molar-refractivity contribution >= 4 is 28.2 Å². The lowest BCUT2D eigenvalue weighted by Gasteiger charge is -2.22. The predicted octanol–water partition coefficient (Wildman–Crippen LogP) is 4.74. The van der Waals surface area contributed by atoms with Gasteiger partial charge < -0.3 is 9.88 Å². The number of anilines is 1. The normalized spacial score (nSPS) is 12.2. The number of rotatable bonds is 4. The molecule has 0 bridgehead atoms. The number of hydrogen-bond donors (Lipinski definition) is 1. The van der Waals surface area contributed by atoms with E-state index in [0.29, 0.717) is 5.15 Å². The van der Waals surface area contributed by atoms with Crippen molar-refractivity contribution in [3.63, 3.8) is 0 Å². The third-order valence-electron chi connectivity index (χ3n) is 3.90. The molecule has 0 saturated carbocycles. The lowest BCUT2D eigenvalue weighted by atomic mass is 10.1. The molecule has 3 aromatic heterocycles. The summed E-state index contributed by atoms with van der Waals surface area (Å²) in [6.07, 6.45) is 7.60. The number of pyridine rings is 2.